The molecule has 1 radical (unpaired) electrons. The molecular weight excluding hydrogens is 265 g/mol. The van der Waals surface area contributed by atoms with Crippen molar-refractivity contribution in [2.75, 3.05) is 25.4 Å². The molecule has 1 unspecified atom stereocenters. The maximum atomic E-state index is 10.6. The van der Waals surface area contributed by atoms with Gasteiger partial charge in [-0.05, 0) is 25.9 Å². The van der Waals surface area contributed by atoms with E-state index in [4.69, 9.17) is 4.55 Å². The van der Waals surface area contributed by atoms with Gasteiger partial charge >= 0.3 is 0 Å². The van der Waals surface area contributed by atoms with E-state index in [1.165, 1.54) is 0 Å². The van der Waals surface area contributed by atoms with Crippen molar-refractivity contribution in [2.24, 2.45) is 0 Å². The Bertz CT molecular complexity index is 277. The summed E-state index contributed by atoms with van der Waals surface area (Å²) in [6.07, 6.45) is 3.18. The Morgan fingerprint density at radius 2 is 1.56 bits per heavy atom. The first-order valence-corrected chi connectivity index (χ1v) is 7.85. The van der Waals surface area contributed by atoms with E-state index in [-0.39, 0.29) is 29.6 Å². The van der Waals surface area contributed by atoms with Crippen LogP contribution in [0.5, 0.6) is 0 Å². The second-order valence-electron chi connectivity index (χ2n) is 4.41. The topological polar surface area (TPSA) is 77.8 Å². The second kappa shape index (κ2) is 11.6. The van der Waals surface area contributed by atoms with Crippen molar-refractivity contribution in [1.29, 1.82) is 0 Å². The van der Waals surface area contributed by atoms with Crippen molar-refractivity contribution in [3.8, 4) is 0 Å². The number of aliphatic hydroxyl groups excluding tert-OH is 1. The molecular formula is C11H25NNaO4S. The number of hydrogen-bond donors (Lipinski definition) is 2. The van der Waals surface area contributed by atoms with Gasteiger partial charge in [-0.2, -0.15) is 8.42 Å². The minimum Gasteiger partial charge on any atom is -0.391 e. The Labute approximate surface area is 133 Å². The maximum Gasteiger partial charge on any atom is 0.267 e. The van der Waals surface area contributed by atoms with Gasteiger partial charge in [-0.1, -0.05) is 26.7 Å². The summed E-state index contributed by atoms with van der Waals surface area (Å²) in [7, 11) is -4.09. The van der Waals surface area contributed by atoms with Crippen LogP contribution in [-0.4, -0.2) is 84.0 Å². The summed E-state index contributed by atoms with van der Waals surface area (Å²) in [6, 6.07) is 0. The third-order valence-corrected chi connectivity index (χ3v) is 3.33. The summed E-state index contributed by atoms with van der Waals surface area (Å²) >= 11 is 0. The van der Waals surface area contributed by atoms with Crippen molar-refractivity contribution < 1.29 is 18.1 Å². The summed E-state index contributed by atoms with van der Waals surface area (Å²) in [5, 5.41) is 9.57. The average molecular weight is 290 g/mol. The van der Waals surface area contributed by atoms with Crippen molar-refractivity contribution in [2.45, 2.75) is 45.6 Å². The standard InChI is InChI=1S/C11H25NO4S.Na/c1-3-5-7-12(8-6-4-2)9-11(13)10-17(14,15)16;/h11,13H,3-10H2,1-2H3,(H,14,15,16);. The molecule has 0 aromatic heterocycles. The van der Waals surface area contributed by atoms with E-state index in [1.807, 2.05) is 0 Å². The van der Waals surface area contributed by atoms with Gasteiger partial charge in [0.25, 0.3) is 10.1 Å². The molecule has 0 amide bonds. The predicted octanol–water partition coefficient (Wildman–Crippen LogP) is 0.757. The monoisotopic (exact) mass is 290 g/mol. The predicted molar refractivity (Wildman–Crippen MR) is 74.4 cm³/mol. The maximum absolute atomic E-state index is 10.6. The first kappa shape index (κ1) is 21.1. The molecule has 0 rings (SSSR count). The van der Waals surface area contributed by atoms with Gasteiger partial charge in [-0.25, -0.2) is 0 Å². The zero-order chi connectivity index (χ0) is 13.3. The molecule has 5 nitrogen and oxygen atoms in total. The molecule has 105 valence electrons. The normalized spacial score (nSPS) is 13.4. The SMILES string of the molecule is CCCCN(CCCC)CC(O)CS(=O)(=O)O.[Na]. The van der Waals surface area contributed by atoms with E-state index in [9.17, 15) is 13.5 Å². The van der Waals surface area contributed by atoms with Crippen LogP contribution in [-0.2, 0) is 10.1 Å². The first-order valence-electron chi connectivity index (χ1n) is 6.24. The van der Waals surface area contributed by atoms with E-state index in [2.05, 4.69) is 18.7 Å². The van der Waals surface area contributed by atoms with E-state index in [0.29, 0.717) is 6.54 Å². The molecule has 0 bridgehead atoms. The first-order chi connectivity index (χ1) is 7.89. The molecule has 0 saturated carbocycles. The minimum atomic E-state index is -4.09. The van der Waals surface area contributed by atoms with E-state index in [1.54, 1.807) is 0 Å². The Hall–Kier alpha value is 0.830. The molecule has 0 spiro atoms. The van der Waals surface area contributed by atoms with Gasteiger partial charge in [0, 0.05) is 36.1 Å². The van der Waals surface area contributed by atoms with Crippen LogP contribution in [0.3, 0.4) is 0 Å². The summed E-state index contributed by atoms with van der Waals surface area (Å²) in [6.45, 7) is 6.21. The quantitative estimate of drug-likeness (QED) is 0.459. The van der Waals surface area contributed by atoms with Gasteiger partial charge in [0.1, 0.15) is 5.75 Å². The number of unbranched alkanes of at least 4 members (excludes halogenated alkanes) is 2. The van der Waals surface area contributed by atoms with E-state index >= 15 is 0 Å². The Morgan fingerprint density at radius 1 is 1.11 bits per heavy atom. The summed E-state index contributed by atoms with van der Waals surface area (Å²) in [4.78, 5) is 2.06. The molecule has 0 aromatic rings. The van der Waals surface area contributed by atoms with Gasteiger partial charge < -0.3 is 10.0 Å². The number of rotatable bonds is 10. The van der Waals surface area contributed by atoms with Crippen molar-refractivity contribution >= 4 is 39.7 Å². The molecule has 7 heteroatoms. The fourth-order valence-corrected chi connectivity index (χ4v) is 2.24. The van der Waals surface area contributed by atoms with Crippen LogP contribution in [0.15, 0.2) is 0 Å². The Balaban J connectivity index is 0. The summed E-state index contributed by atoms with van der Waals surface area (Å²) in [5.74, 6) is -0.582. The largest absolute Gasteiger partial charge is 0.391 e. The van der Waals surface area contributed by atoms with Crippen LogP contribution in [0.25, 0.3) is 0 Å². The Morgan fingerprint density at radius 3 is 1.89 bits per heavy atom. The van der Waals surface area contributed by atoms with Gasteiger partial charge in [-0.15, -0.1) is 0 Å². The molecule has 0 fully saturated rings. The van der Waals surface area contributed by atoms with Crippen LogP contribution >= 0.6 is 0 Å². The number of nitrogens with zero attached hydrogens (tertiary/aromatic N) is 1. The zero-order valence-corrected chi connectivity index (χ0v) is 14.6. The molecule has 0 heterocycles. The van der Waals surface area contributed by atoms with E-state index < -0.39 is 22.0 Å². The molecule has 1 atom stereocenters. The van der Waals surface area contributed by atoms with Crippen molar-refractivity contribution in [1.82, 2.24) is 4.90 Å². The molecule has 0 saturated heterocycles. The molecule has 18 heavy (non-hydrogen) atoms. The third kappa shape index (κ3) is 13.3. The van der Waals surface area contributed by atoms with Crippen LogP contribution in [0.1, 0.15) is 39.5 Å². The molecule has 0 aliphatic rings. The number of aliphatic hydroxyl groups is 1. The summed E-state index contributed by atoms with van der Waals surface area (Å²) < 4.78 is 29.9. The van der Waals surface area contributed by atoms with Crippen molar-refractivity contribution in [3.05, 3.63) is 0 Å². The summed E-state index contributed by atoms with van der Waals surface area (Å²) in [5.41, 5.74) is 0. The second-order valence-corrected chi connectivity index (χ2v) is 5.91. The van der Waals surface area contributed by atoms with Crippen molar-refractivity contribution in [3.63, 3.8) is 0 Å². The van der Waals surface area contributed by atoms with E-state index in [0.717, 1.165) is 38.8 Å². The fraction of sp³-hybridized carbons (Fsp3) is 1.00. The molecule has 2 N–H and O–H groups in total. The number of hydrogen-bond acceptors (Lipinski definition) is 4. The smallest absolute Gasteiger partial charge is 0.267 e. The Kier molecular flexibility index (Phi) is 13.7. The molecule has 0 aliphatic heterocycles. The molecule has 0 aromatic carbocycles. The third-order valence-electron chi connectivity index (χ3n) is 2.53. The fourth-order valence-electron chi connectivity index (χ4n) is 1.65. The van der Waals surface area contributed by atoms with Gasteiger partial charge in [0.2, 0.25) is 0 Å². The molecule has 0 aliphatic carbocycles. The minimum absolute atomic E-state index is 0. The van der Waals surface area contributed by atoms with Crippen LogP contribution < -0.4 is 0 Å². The average Bonchev–Trinajstić information content (AvgIpc) is 2.19. The van der Waals surface area contributed by atoms with Gasteiger partial charge in [0.15, 0.2) is 0 Å². The van der Waals surface area contributed by atoms with Crippen LogP contribution in [0.4, 0.5) is 0 Å². The van der Waals surface area contributed by atoms with Crippen LogP contribution in [0.2, 0.25) is 0 Å². The van der Waals surface area contributed by atoms with Gasteiger partial charge in [0.05, 0.1) is 6.10 Å². The van der Waals surface area contributed by atoms with Gasteiger partial charge in [-0.3, -0.25) is 4.55 Å². The zero-order valence-electron chi connectivity index (χ0n) is 11.8. The van der Waals surface area contributed by atoms with Crippen LogP contribution in [0, 0.1) is 0 Å².